The molecule has 0 aliphatic carbocycles. The van der Waals surface area contributed by atoms with Gasteiger partial charge in [-0.05, 0) is 40.0 Å². The third kappa shape index (κ3) is 9.67. The number of aliphatic carboxylic acids is 2. The molecule has 0 fully saturated rings. The van der Waals surface area contributed by atoms with Crippen molar-refractivity contribution in [3.63, 3.8) is 0 Å². The van der Waals surface area contributed by atoms with E-state index in [2.05, 4.69) is 5.32 Å². The number of rotatable bonds is 8. The van der Waals surface area contributed by atoms with Gasteiger partial charge in [0, 0.05) is 6.54 Å². The van der Waals surface area contributed by atoms with Crippen LogP contribution < -0.4 is 11.1 Å². The van der Waals surface area contributed by atoms with Crippen molar-refractivity contribution in [3.05, 3.63) is 0 Å². The predicted molar refractivity (Wildman–Crippen MR) is 74.8 cm³/mol. The molecule has 0 saturated heterocycles. The minimum Gasteiger partial charge on any atom is -0.481 e. The molecule has 1 amide bonds. The van der Waals surface area contributed by atoms with E-state index in [0.29, 0.717) is 0 Å². The maximum Gasteiger partial charge on any atom is 0.407 e. The summed E-state index contributed by atoms with van der Waals surface area (Å²) in [5, 5.41) is 20.2. The first-order valence-electron chi connectivity index (χ1n) is 6.71. The molecule has 2 unspecified atom stereocenters. The fourth-order valence-corrected chi connectivity index (χ4v) is 1.56. The highest BCUT2D eigenvalue weighted by Crippen LogP contribution is 2.13. The third-order valence-electron chi connectivity index (χ3n) is 2.65. The second kappa shape index (κ2) is 8.46. The summed E-state index contributed by atoms with van der Waals surface area (Å²) >= 11 is 0. The molecule has 8 nitrogen and oxygen atoms in total. The number of carbonyl (C=O) groups is 3. The molecule has 122 valence electrons. The Hall–Kier alpha value is -1.83. The van der Waals surface area contributed by atoms with Crippen molar-refractivity contribution < 1.29 is 29.3 Å². The molecule has 8 heteroatoms. The van der Waals surface area contributed by atoms with E-state index in [4.69, 9.17) is 20.7 Å². The largest absolute Gasteiger partial charge is 0.481 e. The van der Waals surface area contributed by atoms with Crippen molar-refractivity contribution in [2.24, 2.45) is 11.7 Å². The number of carbonyl (C=O) groups excluding carboxylic acids is 1. The lowest BCUT2D eigenvalue weighted by Gasteiger charge is -2.20. The number of hydrogen-bond donors (Lipinski definition) is 4. The molecular weight excluding hydrogens is 280 g/mol. The van der Waals surface area contributed by atoms with Crippen molar-refractivity contribution >= 4 is 18.0 Å². The average molecular weight is 304 g/mol. The summed E-state index contributed by atoms with van der Waals surface area (Å²) in [6.07, 6.45) is -0.229. The molecule has 0 heterocycles. The molecule has 0 aromatic heterocycles. The van der Waals surface area contributed by atoms with Crippen molar-refractivity contribution in [1.82, 2.24) is 5.32 Å². The normalized spacial score (nSPS) is 14.1. The molecule has 0 bridgehead atoms. The molecule has 5 N–H and O–H groups in total. The van der Waals surface area contributed by atoms with Gasteiger partial charge in [-0.2, -0.15) is 0 Å². The second-order valence-corrected chi connectivity index (χ2v) is 5.77. The summed E-state index contributed by atoms with van der Waals surface area (Å²) in [5.41, 5.74) is 4.71. The molecule has 0 saturated carbocycles. The fourth-order valence-electron chi connectivity index (χ4n) is 1.56. The number of nitrogens with one attached hydrogen (secondary N) is 1. The summed E-state index contributed by atoms with van der Waals surface area (Å²) in [4.78, 5) is 33.0. The van der Waals surface area contributed by atoms with Crippen LogP contribution in [0.5, 0.6) is 0 Å². The maximum absolute atomic E-state index is 11.4. The number of amides is 1. The Bertz CT molecular complexity index is 377. The minimum atomic E-state index is -1.16. The smallest absolute Gasteiger partial charge is 0.407 e. The lowest BCUT2D eigenvalue weighted by atomic mass is 9.97. The van der Waals surface area contributed by atoms with Crippen LogP contribution in [0.2, 0.25) is 0 Å². The summed E-state index contributed by atoms with van der Waals surface area (Å²) in [5.74, 6) is -2.96. The highest BCUT2D eigenvalue weighted by atomic mass is 16.6. The zero-order chi connectivity index (χ0) is 16.6. The fraction of sp³-hybridized carbons (Fsp3) is 0.769. The van der Waals surface area contributed by atoms with E-state index < -0.39 is 35.6 Å². The molecule has 0 spiro atoms. The van der Waals surface area contributed by atoms with E-state index in [1.54, 1.807) is 20.8 Å². The Balaban J connectivity index is 4.14. The van der Waals surface area contributed by atoms with E-state index in [0.717, 1.165) is 0 Å². The van der Waals surface area contributed by atoms with Crippen LogP contribution in [0, 0.1) is 5.92 Å². The Morgan fingerprint density at radius 2 is 1.67 bits per heavy atom. The first-order valence-corrected chi connectivity index (χ1v) is 6.71. The van der Waals surface area contributed by atoms with Gasteiger partial charge in [0.25, 0.3) is 0 Å². The van der Waals surface area contributed by atoms with Gasteiger partial charge in [0.15, 0.2) is 0 Å². The van der Waals surface area contributed by atoms with Gasteiger partial charge >= 0.3 is 18.0 Å². The third-order valence-corrected chi connectivity index (χ3v) is 2.65. The summed E-state index contributed by atoms with van der Waals surface area (Å²) in [7, 11) is 0. The zero-order valence-corrected chi connectivity index (χ0v) is 12.6. The number of carboxylic acid groups (broad SMARTS) is 2. The van der Waals surface area contributed by atoms with Crippen molar-refractivity contribution in [1.29, 1.82) is 0 Å². The van der Waals surface area contributed by atoms with Crippen LogP contribution in [-0.4, -0.2) is 46.4 Å². The van der Waals surface area contributed by atoms with Gasteiger partial charge in [-0.15, -0.1) is 0 Å². The van der Waals surface area contributed by atoms with Crippen molar-refractivity contribution in [2.45, 2.75) is 51.7 Å². The number of alkyl carbamates (subject to hydrolysis) is 1. The second-order valence-electron chi connectivity index (χ2n) is 5.77. The van der Waals surface area contributed by atoms with Crippen LogP contribution in [0.1, 0.15) is 40.0 Å². The quantitative estimate of drug-likeness (QED) is 0.520. The first-order chi connectivity index (χ1) is 9.53. The van der Waals surface area contributed by atoms with E-state index in [-0.39, 0.29) is 25.8 Å². The highest BCUT2D eigenvalue weighted by molar-refractivity contribution is 5.73. The number of nitrogens with two attached hydrogens (primary N) is 1. The van der Waals surface area contributed by atoms with E-state index in [1.807, 2.05) is 0 Å². The zero-order valence-electron chi connectivity index (χ0n) is 12.6. The SMILES string of the molecule is CC(C)(C)OC(=O)NCCC(CCC(N)C(=O)O)C(=O)O. The topological polar surface area (TPSA) is 139 Å². The van der Waals surface area contributed by atoms with Gasteiger partial charge < -0.3 is 26.0 Å². The lowest BCUT2D eigenvalue weighted by Crippen LogP contribution is -2.35. The van der Waals surface area contributed by atoms with E-state index >= 15 is 0 Å². The number of carboxylic acids is 2. The number of hydrogen-bond acceptors (Lipinski definition) is 5. The van der Waals surface area contributed by atoms with Gasteiger partial charge in [0.2, 0.25) is 0 Å². The van der Waals surface area contributed by atoms with Crippen LogP contribution in [0.3, 0.4) is 0 Å². The van der Waals surface area contributed by atoms with Crippen LogP contribution in [0.4, 0.5) is 4.79 Å². The summed E-state index contributed by atoms with van der Waals surface area (Å²) < 4.78 is 5.01. The standard InChI is InChI=1S/C13H24N2O6/c1-13(2,3)21-12(20)15-7-6-8(10(16)17)4-5-9(14)11(18)19/h8-9H,4-7,14H2,1-3H3,(H,15,20)(H,16,17)(H,18,19). The van der Waals surface area contributed by atoms with Crippen molar-refractivity contribution in [2.75, 3.05) is 6.54 Å². The van der Waals surface area contributed by atoms with Gasteiger partial charge in [0.05, 0.1) is 5.92 Å². The number of ether oxygens (including phenoxy) is 1. The monoisotopic (exact) mass is 304 g/mol. The van der Waals surface area contributed by atoms with Crippen LogP contribution in [0.25, 0.3) is 0 Å². The first kappa shape index (κ1) is 19.2. The molecule has 0 aliphatic heterocycles. The Morgan fingerprint density at radius 3 is 2.10 bits per heavy atom. The Morgan fingerprint density at radius 1 is 1.10 bits per heavy atom. The van der Waals surface area contributed by atoms with Gasteiger partial charge in [-0.1, -0.05) is 0 Å². The predicted octanol–water partition coefficient (Wildman–Crippen LogP) is 0.794. The minimum absolute atomic E-state index is 0.0682. The molecule has 2 atom stereocenters. The molecule has 0 radical (unpaired) electrons. The molecule has 0 rings (SSSR count). The van der Waals surface area contributed by atoms with Crippen LogP contribution in [0.15, 0.2) is 0 Å². The average Bonchev–Trinajstić information content (AvgIpc) is 2.29. The van der Waals surface area contributed by atoms with Gasteiger partial charge in [-0.3, -0.25) is 9.59 Å². The summed E-state index contributed by atoms with van der Waals surface area (Å²) in [6.45, 7) is 5.30. The van der Waals surface area contributed by atoms with Crippen LogP contribution in [-0.2, 0) is 14.3 Å². The van der Waals surface area contributed by atoms with Crippen LogP contribution >= 0.6 is 0 Å². The highest BCUT2D eigenvalue weighted by Gasteiger charge is 2.21. The Kier molecular flexibility index (Phi) is 7.72. The van der Waals surface area contributed by atoms with Gasteiger partial charge in [-0.25, -0.2) is 4.79 Å². The molecular formula is C13H24N2O6. The van der Waals surface area contributed by atoms with E-state index in [1.165, 1.54) is 0 Å². The lowest BCUT2D eigenvalue weighted by molar-refractivity contribution is -0.143. The Labute approximate surface area is 123 Å². The molecule has 0 aliphatic rings. The summed E-state index contributed by atoms with van der Waals surface area (Å²) in [6, 6.07) is -1.08. The van der Waals surface area contributed by atoms with E-state index in [9.17, 15) is 14.4 Å². The maximum atomic E-state index is 11.4. The van der Waals surface area contributed by atoms with Gasteiger partial charge in [0.1, 0.15) is 11.6 Å². The molecule has 0 aromatic carbocycles. The molecule has 21 heavy (non-hydrogen) atoms. The molecule has 0 aromatic rings. The van der Waals surface area contributed by atoms with Crippen molar-refractivity contribution in [3.8, 4) is 0 Å².